The van der Waals surface area contributed by atoms with Gasteiger partial charge in [-0.1, -0.05) is 19.0 Å². The van der Waals surface area contributed by atoms with Crippen LogP contribution in [0.2, 0.25) is 0 Å². The van der Waals surface area contributed by atoms with Gasteiger partial charge < -0.3 is 14.8 Å². The van der Waals surface area contributed by atoms with Crippen LogP contribution < -0.4 is 0 Å². The summed E-state index contributed by atoms with van der Waals surface area (Å²) in [6.45, 7) is 6.66. The molecule has 4 fully saturated rings. The monoisotopic (exact) mass is 376 g/mol. The van der Waals surface area contributed by atoms with Gasteiger partial charge in [-0.2, -0.15) is 0 Å². The molecule has 0 aliphatic heterocycles. The maximum atomic E-state index is 10.2. The van der Waals surface area contributed by atoms with Crippen LogP contribution in [0.15, 0.2) is 5.16 Å². The number of aliphatic hydroxyl groups excluding tert-OH is 1. The Labute approximate surface area is 165 Å². The lowest BCUT2D eigenvalue weighted by Crippen LogP contribution is -2.54. The molecule has 7 atom stereocenters. The highest BCUT2D eigenvalue weighted by Crippen LogP contribution is 2.65. The van der Waals surface area contributed by atoms with Crippen LogP contribution in [-0.2, 0) is 4.84 Å². The van der Waals surface area contributed by atoms with Crippen molar-refractivity contribution in [3.63, 3.8) is 0 Å². The summed E-state index contributed by atoms with van der Waals surface area (Å²) in [6, 6.07) is 0. The van der Waals surface area contributed by atoms with Crippen LogP contribution in [-0.4, -0.2) is 49.1 Å². The minimum atomic E-state index is -0.0435. The number of oxime groups is 1. The normalized spacial score (nSPS) is 48.2. The molecule has 0 bridgehead atoms. The van der Waals surface area contributed by atoms with Crippen LogP contribution >= 0.6 is 0 Å². The Balaban J connectivity index is 1.48. The zero-order chi connectivity index (χ0) is 19.2. The lowest BCUT2D eigenvalue weighted by molar-refractivity contribution is -0.114. The summed E-state index contributed by atoms with van der Waals surface area (Å²) in [6.07, 6.45) is 11.0. The summed E-state index contributed by atoms with van der Waals surface area (Å²) in [4.78, 5) is 7.86. The van der Waals surface area contributed by atoms with Crippen LogP contribution in [0.4, 0.5) is 0 Å². The Hall–Kier alpha value is -0.610. The van der Waals surface area contributed by atoms with Crippen LogP contribution in [0.25, 0.3) is 0 Å². The van der Waals surface area contributed by atoms with Gasteiger partial charge in [0.15, 0.2) is 0 Å². The molecule has 0 aromatic rings. The molecule has 4 aliphatic rings. The van der Waals surface area contributed by atoms with E-state index in [1.807, 2.05) is 0 Å². The first kappa shape index (κ1) is 19.7. The highest BCUT2D eigenvalue weighted by Gasteiger charge is 2.59. The summed E-state index contributed by atoms with van der Waals surface area (Å²) >= 11 is 0. The predicted molar refractivity (Wildman–Crippen MR) is 110 cm³/mol. The maximum Gasteiger partial charge on any atom is 0.129 e. The van der Waals surface area contributed by atoms with E-state index in [-0.39, 0.29) is 11.5 Å². The molecular formula is C23H40N2O2. The van der Waals surface area contributed by atoms with Crippen molar-refractivity contribution in [3.8, 4) is 0 Å². The van der Waals surface area contributed by atoms with E-state index in [9.17, 15) is 5.11 Å². The van der Waals surface area contributed by atoms with Gasteiger partial charge >= 0.3 is 0 Å². The van der Waals surface area contributed by atoms with Crippen LogP contribution in [0.5, 0.6) is 0 Å². The van der Waals surface area contributed by atoms with Crippen LogP contribution in [0, 0.1) is 34.5 Å². The number of hydrogen-bond acceptors (Lipinski definition) is 4. The van der Waals surface area contributed by atoms with Gasteiger partial charge in [-0.3, -0.25) is 0 Å². The molecule has 0 aromatic heterocycles. The van der Waals surface area contributed by atoms with Crippen LogP contribution in [0.3, 0.4) is 0 Å². The fourth-order valence-electron chi connectivity index (χ4n) is 7.52. The van der Waals surface area contributed by atoms with Gasteiger partial charge in [0.2, 0.25) is 0 Å². The molecule has 0 saturated heterocycles. The van der Waals surface area contributed by atoms with Gasteiger partial charge in [-0.05, 0) is 101 Å². The lowest BCUT2D eigenvalue weighted by atomic mass is 9.45. The molecule has 0 aromatic carbocycles. The third-order valence-corrected chi connectivity index (χ3v) is 9.18. The summed E-state index contributed by atoms with van der Waals surface area (Å²) in [5.41, 5.74) is 2.07. The predicted octanol–water partition coefficient (Wildman–Crippen LogP) is 4.32. The molecule has 1 N–H and O–H groups in total. The van der Waals surface area contributed by atoms with Gasteiger partial charge in [0, 0.05) is 12.0 Å². The first-order chi connectivity index (χ1) is 12.8. The molecule has 0 spiro atoms. The molecular weight excluding hydrogens is 336 g/mol. The Morgan fingerprint density at radius 3 is 2.67 bits per heavy atom. The first-order valence-electron chi connectivity index (χ1n) is 11.4. The van der Waals surface area contributed by atoms with Gasteiger partial charge in [-0.25, -0.2) is 0 Å². The Morgan fingerprint density at radius 2 is 1.89 bits per heavy atom. The van der Waals surface area contributed by atoms with Crippen LogP contribution in [0.1, 0.15) is 71.6 Å². The first-order valence-corrected chi connectivity index (χ1v) is 11.4. The van der Waals surface area contributed by atoms with E-state index in [2.05, 4.69) is 38.0 Å². The average Bonchev–Trinajstić information content (AvgIpc) is 2.96. The van der Waals surface area contributed by atoms with E-state index in [4.69, 9.17) is 4.84 Å². The van der Waals surface area contributed by atoms with E-state index in [1.165, 1.54) is 44.2 Å². The van der Waals surface area contributed by atoms with E-state index in [1.54, 1.807) is 0 Å². The molecule has 154 valence electrons. The fraction of sp³-hybridized carbons (Fsp3) is 0.957. The van der Waals surface area contributed by atoms with Gasteiger partial charge in [0.05, 0.1) is 11.8 Å². The molecule has 0 radical (unpaired) electrons. The fourth-order valence-corrected chi connectivity index (χ4v) is 7.52. The second kappa shape index (κ2) is 7.33. The zero-order valence-electron chi connectivity index (χ0n) is 17.9. The maximum absolute atomic E-state index is 10.2. The Kier molecular flexibility index (Phi) is 5.35. The molecule has 4 saturated carbocycles. The van der Waals surface area contributed by atoms with Crippen molar-refractivity contribution in [3.05, 3.63) is 0 Å². The van der Waals surface area contributed by atoms with Gasteiger partial charge in [0.1, 0.15) is 6.61 Å². The third-order valence-electron chi connectivity index (χ3n) is 9.18. The smallest absolute Gasteiger partial charge is 0.129 e. The number of fused-ring (bicyclic) bond motifs is 5. The quantitative estimate of drug-likeness (QED) is 0.587. The highest BCUT2D eigenvalue weighted by atomic mass is 16.6. The minimum absolute atomic E-state index is 0.0435. The molecule has 4 aliphatic carbocycles. The van der Waals surface area contributed by atoms with Crippen molar-refractivity contribution < 1.29 is 9.94 Å². The number of aliphatic hydroxyl groups is 1. The number of nitrogens with zero attached hydrogens (tertiary/aromatic N) is 2. The van der Waals surface area contributed by atoms with E-state index >= 15 is 0 Å². The highest BCUT2D eigenvalue weighted by molar-refractivity contribution is 5.92. The molecule has 0 heterocycles. The Bertz CT molecular complexity index is 577. The number of hydrogen-bond donors (Lipinski definition) is 1. The largest absolute Gasteiger partial charge is 0.394 e. The number of rotatable bonds is 4. The lowest BCUT2D eigenvalue weighted by Gasteiger charge is -2.60. The summed E-state index contributed by atoms with van der Waals surface area (Å²) < 4.78 is 0. The summed E-state index contributed by atoms with van der Waals surface area (Å²) in [5, 5.41) is 14.8. The molecule has 4 rings (SSSR count). The summed E-state index contributed by atoms with van der Waals surface area (Å²) in [5.74, 6) is 3.25. The number of likely N-dealkylation sites (N-methyl/N-ethyl adjacent to an activating group) is 1. The topological polar surface area (TPSA) is 45.1 Å². The molecule has 4 heteroatoms. The zero-order valence-corrected chi connectivity index (χ0v) is 17.9. The van der Waals surface area contributed by atoms with Crippen molar-refractivity contribution in [1.82, 2.24) is 4.90 Å². The van der Waals surface area contributed by atoms with Crippen molar-refractivity contribution >= 4 is 5.71 Å². The molecule has 0 unspecified atom stereocenters. The molecule has 4 nitrogen and oxygen atoms in total. The van der Waals surface area contributed by atoms with E-state index in [0.29, 0.717) is 12.0 Å². The van der Waals surface area contributed by atoms with Crippen molar-refractivity contribution in [2.45, 2.75) is 77.7 Å². The summed E-state index contributed by atoms with van der Waals surface area (Å²) in [7, 11) is 4.15. The molecule has 0 amide bonds. The average molecular weight is 377 g/mol. The van der Waals surface area contributed by atoms with Crippen molar-refractivity contribution in [1.29, 1.82) is 0 Å². The Morgan fingerprint density at radius 1 is 1.07 bits per heavy atom. The van der Waals surface area contributed by atoms with E-state index in [0.717, 1.165) is 49.5 Å². The van der Waals surface area contributed by atoms with Gasteiger partial charge in [0.25, 0.3) is 0 Å². The van der Waals surface area contributed by atoms with E-state index < -0.39 is 0 Å². The second-order valence-corrected chi connectivity index (χ2v) is 10.8. The van der Waals surface area contributed by atoms with Crippen molar-refractivity contribution in [2.75, 3.05) is 27.2 Å². The SMILES string of the molecule is CN(C)CCO/N=C1/CC[C@H]2[C@@H]3CC[C@H]4C[C@H](O)CC[C@]4(C)[C@H]3CC[C@]12C. The standard InChI is InChI=1S/C23H40N2O2/c1-22-11-9-17(26)15-16(22)5-6-18-19-7-8-21(24-27-14-13-25(3)4)23(19,2)12-10-20(18)22/h16-20,26H,5-15H2,1-4H3/b24-21-/t16-,17+,18-,19-,20-,22-,23-/m0/s1. The second-order valence-electron chi connectivity index (χ2n) is 10.8. The van der Waals surface area contributed by atoms with Crippen molar-refractivity contribution in [2.24, 2.45) is 39.7 Å². The van der Waals surface area contributed by atoms with Gasteiger partial charge in [-0.15, -0.1) is 0 Å². The molecule has 27 heavy (non-hydrogen) atoms. The minimum Gasteiger partial charge on any atom is -0.394 e. The third kappa shape index (κ3) is 3.35.